The van der Waals surface area contributed by atoms with E-state index in [1.54, 1.807) is 6.92 Å². The number of unbranched alkanes of at least 4 members (excludes halogenated alkanes) is 3. The van der Waals surface area contributed by atoms with Crippen molar-refractivity contribution in [3.63, 3.8) is 0 Å². The first kappa shape index (κ1) is 20.6. The van der Waals surface area contributed by atoms with Crippen LogP contribution in [0.3, 0.4) is 0 Å². The van der Waals surface area contributed by atoms with Crippen LogP contribution in [0, 0.1) is 6.92 Å². The molecule has 0 N–H and O–H groups in total. The second-order valence-corrected chi connectivity index (χ2v) is 8.24. The first-order valence-corrected chi connectivity index (χ1v) is 10.9. The van der Waals surface area contributed by atoms with Crippen molar-refractivity contribution in [2.75, 3.05) is 0 Å². The van der Waals surface area contributed by atoms with Gasteiger partial charge in [-0.3, -0.25) is 4.98 Å². The van der Waals surface area contributed by atoms with E-state index in [0.29, 0.717) is 6.42 Å². The number of aromatic nitrogens is 3. The number of nitrogens with zero attached hydrogens (tertiary/aromatic N) is 3. The molecule has 28 heavy (non-hydrogen) atoms. The van der Waals surface area contributed by atoms with Crippen molar-refractivity contribution in [3.8, 4) is 0 Å². The smallest absolute Gasteiger partial charge is 0.130 e. The van der Waals surface area contributed by atoms with Gasteiger partial charge in [-0.25, -0.2) is 9.97 Å². The fourth-order valence-corrected chi connectivity index (χ4v) is 4.16. The third kappa shape index (κ3) is 6.22. The first-order valence-electron chi connectivity index (χ1n) is 10.9. The maximum atomic E-state index is 11.6. The second-order valence-electron chi connectivity index (χ2n) is 8.24. The highest BCUT2D eigenvalue weighted by atomic mass is 16.1. The summed E-state index contributed by atoms with van der Waals surface area (Å²) in [5, 5.41) is 0. The Labute approximate surface area is 169 Å². The minimum absolute atomic E-state index is 0.240. The van der Waals surface area contributed by atoms with Gasteiger partial charge in [0.1, 0.15) is 11.6 Å². The summed E-state index contributed by atoms with van der Waals surface area (Å²) in [7, 11) is 0. The minimum atomic E-state index is 0.240. The Hall–Kier alpha value is -2.10. The summed E-state index contributed by atoms with van der Waals surface area (Å²) in [5.41, 5.74) is 5.16. The van der Waals surface area contributed by atoms with Crippen LogP contribution in [0.4, 0.5) is 0 Å². The van der Waals surface area contributed by atoms with Gasteiger partial charge in [-0.2, -0.15) is 0 Å². The average Bonchev–Trinajstić information content (AvgIpc) is 2.70. The van der Waals surface area contributed by atoms with Crippen LogP contribution in [-0.2, 0) is 24.1 Å². The number of fused-ring (bicyclic) bond motifs is 1. The van der Waals surface area contributed by atoms with Gasteiger partial charge in [-0.1, -0.05) is 25.3 Å². The molecule has 4 nitrogen and oxygen atoms in total. The molecule has 2 aromatic rings. The van der Waals surface area contributed by atoms with Crippen molar-refractivity contribution in [1.29, 1.82) is 0 Å². The fourth-order valence-electron chi connectivity index (χ4n) is 4.16. The van der Waals surface area contributed by atoms with Gasteiger partial charge in [0, 0.05) is 30.2 Å². The van der Waals surface area contributed by atoms with Crippen LogP contribution in [0.2, 0.25) is 0 Å². The van der Waals surface area contributed by atoms with E-state index in [2.05, 4.69) is 22.1 Å². The Kier molecular flexibility index (Phi) is 7.70. The maximum Gasteiger partial charge on any atom is 0.130 e. The molecule has 0 saturated carbocycles. The van der Waals surface area contributed by atoms with E-state index in [0.717, 1.165) is 37.1 Å². The molecule has 0 aliphatic heterocycles. The zero-order valence-corrected chi connectivity index (χ0v) is 17.4. The van der Waals surface area contributed by atoms with E-state index >= 15 is 0 Å². The zero-order valence-electron chi connectivity index (χ0n) is 17.4. The predicted molar refractivity (Wildman–Crippen MR) is 112 cm³/mol. The molecule has 0 spiro atoms. The standard InChI is InChI=1S/C24H33N3O/c1-18(28)15-21(22-16-25-19(2)26-17-22)10-5-3-4-6-11-23-14-13-20-9-7-8-12-24(20)27-23/h13-14,16-17,21H,3-12,15H2,1-2H3/t21-/m0/s1. The summed E-state index contributed by atoms with van der Waals surface area (Å²) in [4.78, 5) is 25.1. The Morgan fingerprint density at radius 2 is 1.79 bits per heavy atom. The molecule has 4 heteroatoms. The van der Waals surface area contributed by atoms with Gasteiger partial charge in [0.15, 0.2) is 0 Å². The molecule has 0 unspecified atom stereocenters. The van der Waals surface area contributed by atoms with Crippen molar-refractivity contribution in [1.82, 2.24) is 15.0 Å². The molecule has 0 saturated heterocycles. The number of ketones is 1. The molecule has 2 heterocycles. The van der Waals surface area contributed by atoms with E-state index in [1.165, 1.54) is 55.5 Å². The lowest BCUT2D eigenvalue weighted by molar-refractivity contribution is -0.117. The number of Topliss-reactive ketones (excluding diaryl/α,β-unsaturated/α-hetero) is 1. The van der Waals surface area contributed by atoms with E-state index in [-0.39, 0.29) is 11.7 Å². The summed E-state index contributed by atoms with van der Waals surface area (Å²) in [5.74, 6) is 1.27. The highest BCUT2D eigenvalue weighted by molar-refractivity contribution is 5.76. The van der Waals surface area contributed by atoms with Crippen molar-refractivity contribution < 1.29 is 4.79 Å². The molecular weight excluding hydrogens is 346 g/mol. The topological polar surface area (TPSA) is 55.7 Å². The van der Waals surface area contributed by atoms with Crippen molar-refractivity contribution in [3.05, 3.63) is 52.9 Å². The van der Waals surface area contributed by atoms with Crippen LogP contribution in [0.1, 0.15) is 92.5 Å². The molecule has 0 aromatic carbocycles. The highest BCUT2D eigenvalue weighted by Crippen LogP contribution is 2.26. The normalized spacial score (nSPS) is 14.5. The zero-order chi connectivity index (χ0) is 19.8. The first-order chi connectivity index (χ1) is 13.6. The lowest BCUT2D eigenvalue weighted by Crippen LogP contribution is -2.07. The number of hydrogen-bond donors (Lipinski definition) is 0. The quantitative estimate of drug-likeness (QED) is 0.525. The van der Waals surface area contributed by atoms with Crippen LogP contribution in [0.25, 0.3) is 0 Å². The number of carbonyl (C=O) groups is 1. The van der Waals surface area contributed by atoms with E-state index in [4.69, 9.17) is 4.98 Å². The number of hydrogen-bond acceptors (Lipinski definition) is 4. The van der Waals surface area contributed by atoms with E-state index < -0.39 is 0 Å². The van der Waals surface area contributed by atoms with Gasteiger partial charge in [0.25, 0.3) is 0 Å². The van der Waals surface area contributed by atoms with Crippen LogP contribution in [-0.4, -0.2) is 20.7 Å². The molecule has 2 aromatic heterocycles. The van der Waals surface area contributed by atoms with Crippen molar-refractivity contribution in [2.45, 2.75) is 90.4 Å². The summed E-state index contributed by atoms with van der Waals surface area (Å²) in [6.45, 7) is 3.56. The Morgan fingerprint density at radius 1 is 1.04 bits per heavy atom. The summed E-state index contributed by atoms with van der Waals surface area (Å²) < 4.78 is 0. The Balaban J connectivity index is 1.40. The number of aryl methyl sites for hydroxylation is 4. The van der Waals surface area contributed by atoms with Crippen molar-refractivity contribution >= 4 is 5.78 Å². The molecule has 3 rings (SSSR count). The molecule has 1 aliphatic rings. The Morgan fingerprint density at radius 3 is 2.57 bits per heavy atom. The molecule has 0 bridgehead atoms. The maximum absolute atomic E-state index is 11.6. The molecule has 0 radical (unpaired) electrons. The molecule has 150 valence electrons. The van der Waals surface area contributed by atoms with Gasteiger partial charge < -0.3 is 4.79 Å². The number of rotatable bonds is 10. The summed E-state index contributed by atoms with van der Waals surface area (Å²) in [6, 6.07) is 4.53. The highest BCUT2D eigenvalue weighted by Gasteiger charge is 2.15. The van der Waals surface area contributed by atoms with Crippen molar-refractivity contribution in [2.24, 2.45) is 0 Å². The summed E-state index contributed by atoms with van der Waals surface area (Å²) in [6.07, 6.45) is 16.2. The number of pyridine rings is 1. The monoisotopic (exact) mass is 379 g/mol. The van der Waals surface area contributed by atoms with Crippen LogP contribution < -0.4 is 0 Å². The molecule has 0 amide bonds. The molecule has 1 aliphatic carbocycles. The van der Waals surface area contributed by atoms with Gasteiger partial charge in [-0.05, 0) is 81.9 Å². The SMILES string of the molecule is CC(=O)C[C@H](CCCCCCc1ccc2c(n1)CCCC2)c1cnc(C)nc1. The number of carbonyl (C=O) groups excluding carboxylic acids is 1. The predicted octanol–water partition coefficient (Wildman–Crippen LogP) is 5.31. The van der Waals surface area contributed by atoms with E-state index in [1.807, 2.05) is 19.3 Å². The fraction of sp³-hybridized carbons (Fsp3) is 0.583. The second kappa shape index (κ2) is 10.4. The van der Waals surface area contributed by atoms with E-state index in [9.17, 15) is 4.79 Å². The molecule has 1 atom stereocenters. The van der Waals surface area contributed by atoms with Gasteiger partial charge in [0.2, 0.25) is 0 Å². The van der Waals surface area contributed by atoms with Crippen LogP contribution in [0.15, 0.2) is 24.5 Å². The molecular formula is C24H33N3O. The van der Waals surface area contributed by atoms with Gasteiger partial charge in [0.05, 0.1) is 0 Å². The third-order valence-corrected chi connectivity index (χ3v) is 5.78. The van der Waals surface area contributed by atoms with Gasteiger partial charge >= 0.3 is 0 Å². The largest absolute Gasteiger partial charge is 0.300 e. The van der Waals surface area contributed by atoms with Crippen LogP contribution in [0.5, 0.6) is 0 Å². The summed E-state index contributed by atoms with van der Waals surface area (Å²) >= 11 is 0. The third-order valence-electron chi connectivity index (χ3n) is 5.78. The minimum Gasteiger partial charge on any atom is -0.300 e. The van der Waals surface area contributed by atoms with Gasteiger partial charge in [-0.15, -0.1) is 0 Å². The lowest BCUT2D eigenvalue weighted by Gasteiger charge is -2.16. The Bertz CT molecular complexity index is 770. The average molecular weight is 380 g/mol. The lowest BCUT2D eigenvalue weighted by atomic mass is 9.90. The van der Waals surface area contributed by atoms with Crippen LogP contribution >= 0.6 is 0 Å². The molecule has 0 fully saturated rings.